The molecule has 1 amide bonds. The van der Waals surface area contributed by atoms with Gasteiger partial charge in [0.25, 0.3) is 5.91 Å². The lowest BCUT2D eigenvalue weighted by Gasteiger charge is -2.05. The highest BCUT2D eigenvalue weighted by molar-refractivity contribution is 5.91. The number of hydrogen-bond acceptors (Lipinski definition) is 5. The normalized spacial score (nSPS) is 9.90. The van der Waals surface area contributed by atoms with Crippen LogP contribution in [0.2, 0.25) is 0 Å². The van der Waals surface area contributed by atoms with E-state index in [2.05, 4.69) is 5.32 Å². The third kappa shape index (κ3) is 3.84. The average molecular weight is 286 g/mol. The van der Waals surface area contributed by atoms with E-state index in [0.29, 0.717) is 17.1 Å². The van der Waals surface area contributed by atoms with Gasteiger partial charge in [-0.05, 0) is 24.3 Å². The molecular weight excluding hydrogens is 272 g/mol. The Bertz CT molecular complexity index is 658. The Morgan fingerprint density at radius 1 is 1.33 bits per heavy atom. The summed E-state index contributed by atoms with van der Waals surface area (Å²) in [6.07, 6.45) is 0. The van der Waals surface area contributed by atoms with Crippen LogP contribution < -0.4 is 10.1 Å². The molecule has 2 N–H and O–H groups in total. The number of carbonyl (C=O) groups excluding carboxylic acids is 1. The van der Waals surface area contributed by atoms with Crippen molar-refractivity contribution in [1.29, 1.82) is 5.26 Å². The monoisotopic (exact) mass is 286 g/mol. The zero-order valence-corrected chi connectivity index (χ0v) is 11.2. The van der Waals surface area contributed by atoms with Gasteiger partial charge in [-0.15, -0.1) is 0 Å². The Kier molecular flexibility index (Phi) is 4.96. The summed E-state index contributed by atoms with van der Waals surface area (Å²) in [5.41, 5.74) is 0.435. The molecule has 6 heteroatoms. The SMILES string of the molecule is N#Cc1ccccc1OCc1ccc(C(=O)NCCO)o1. The maximum Gasteiger partial charge on any atom is 0.287 e. The van der Waals surface area contributed by atoms with E-state index in [1.165, 1.54) is 6.07 Å². The van der Waals surface area contributed by atoms with Gasteiger partial charge in [0.2, 0.25) is 0 Å². The molecule has 0 radical (unpaired) electrons. The van der Waals surface area contributed by atoms with Crippen molar-refractivity contribution in [2.45, 2.75) is 6.61 Å². The topological polar surface area (TPSA) is 95.5 Å². The fourth-order valence-corrected chi connectivity index (χ4v) is 1.67. The standard InChI is InChI=1S/C15H14N2O4/c16-9-11-3-1-2-4-13(11)20-10-12-5-6-14(21-12)15(19)17-7-8-18/h1-6,18H,7-8,10H2,(H,17,19). The Morgan fingerprint density at radius 3 is 2.90 bits per heavy atom. The van der Waals surface area contributed by atoms with E-state index in [9.17, 15) is 4.79 Å². The molecule has 0 spiro atoms. The molecule has 0 saturated heterocycles. The minimum Gasteiger partial charge on any atom is -0.484 e. The first kappa shape index (κ1) is 14.6. The van der Waals surface area contributed by atoms with E-state index in [4.69, 9.17) is 19.5 Å². The Balaban J connectivity index is 1.97. The van der Waals surface area contributed by atoms with Gasteiger partial charge in [-0.2, -0.15) is 5.26 Å². The quantitative estimate of drug-likeness (QED) is 0.838. The van der Waals surface area contributed by atoms with Gasteiger partial charge >= 0.3 is 0 Å². The van der Waals surface area contributed by atoms with Gasteiger partial charge in [-0.3, -0.25) is 4.79 Å². The molecule has 0 aliphatic heterocycles. The fraction of sp³-hybridized carbons (Fsp3) is 0.200. The third-order valence-corrected chi connectivity index (χ3v) is 2.66. The minimum absolute atomic E-state index is 0.117. The second kappa shape index (κ2) is 7.12. The molecule has 6 nitrogen and oxygen atoms in total. The van der Waals surface area contributed by atoms with Gasteiger partial charge in [0, 0.05) is 6.54 Å². The lowest BCUT2D eigenvalue weighted by molar-refractivity contribution is 0.0913. The molecule has 108 valence electrons. The van der Waals surface area contributed by atoms with E-state index in [1.807, 2.05) is 6.07 Å². The molecule has 1 heterocycles. The van der Waals surface area contributed by atoms with Gasteiger partial charge in [0.1, 0.15) is 24.2 Å². The number of carbonyl (C=O) groups is 1. The van der Waals surface area contributed by atoms with Crippen molar-refractivity contribution in [3.8, 4) is 11.8 Å². The number of furan rings is 1. The van der Waals surface area contributed by atoms with Crippen LogP contribution in [0.15, 0.2) is 40.8 Å². The Labute approximate surface area is 121 Å². The van der Waals surface area contributed by atoms with Crippen LogP contribution >= 0.6 is 0 Å². The van der Waals surface area contributed by atoms with Crippen LogP contribution in [0.5, 0.6) is 5.75 Å². The van der Waals surface area contributed by atoms with Gasteiger partial charge in [0.15, 0.2) is 5.76 Å². The van der Waals surface area contributed by atoms with Crippen molar-refractivity contribution in [3.05, 3.63) is 53.5 Å². The van der Waals surface area contributed by atoms with Crippen LogP contribution in [0.4, 0.5) is 0 Å². The van der Waals surface area contributed by atoms with Crippen LogP contribution in [0, 0.1) is 11.3 Å². The molecule has 2 rings (SSSR count). The van der Waals surface area contributed by atoms with Crippen LogP contribution in [0.1, 0.15) is 21.9 Å². The summed E-state index contributed by atoms with van der Waals surface area (Å²) >= 11 is 0. The number of ether oxygens (including phenoxy) is 1. The van der Waals surface area contributed by atoms with Crippen molar-refractivity contribution < 1.29 is 19.1 Å². The van der Waals surface area contributed by atoms with E-state index in [-0.39, 0.29) is 25.5 Å². The maximum absolute atomic E-state index is 11.6. The van der Waals surface area contributed by atoms with Crippen LogP contribution in [0.25, 0.3) is 0 Å². The largest absolute Gasteiger partial charge is 0.484 e. The minimum atomic E-state index is -0.396. The highest BCUT2D eigenvalue weighted by atomic mass is 16.5. The van der Waals surface area contributed by atoms with E-state index in [0.717, 1.165) is 0 Å². The lowest BCUT2D eigenvalue weighted by Crippen LogP contribution is -2.25. The number of hydrogen-bond donors (Lipinski definition) is 2. The highest BCUT2D eigenvalue weighted by Crippen LogP contribution is 2.18. The molecule has 0 bridgehead atoms. The number of nitrogens with one attached hydrogen (secondary N) is 1. The summed E-state index contributed by atoms with van der Waals surface area (Å²) in [4.78, 5) is 11.6. The Morgan fingerprint density at radius 2 is 2.14 bits per heavy atom. The maximum atomic E-state index is 11.6. The summed E-state index contributed by atoms with van der Waals surface area (Å²) in [5.74, 6) is 0.683. The summed E-state index contributed by atoms with van der Waals surface area (Å²) in [6, 6.07) is 12.1. The number of aliphatic hydroxyl groups excluding tert-OH is 1. The van der Waals surface area contributed by atoms with Gasteiger partial charge in [0.05, 0.1) is 12.2 Å². The van der Waals surface area contributed by atoms with Gasteiger partial charge in [-0.25, -0.2) is 0 Å². The Hall–Kier alpha value is -2.78. The van der Waals surface area contributed by atoms with Crippen LogP contribution in [0.3, 0.4) is 0 Å². The molecule has 2 aromatic rings. The predicted octanol–water partition coefficient (Wildman–Crippen LogP) is 1.45. The van der Waals surface area contributed by atoms with E-state index in [1.54, 1.807) is 30.3 Å². The number of para-hydroxylation sites is 1. The molecule has 0 atom stereocenters. The number of amides is 1. The molecule has 0 fully saturated rings. The number of nitrogens with zero attached hydrogens (tertiary/aromatic N) is 1. The summed E-state index contributed by atoms with van der Waals surface area (Å²) in [7, 11) is 0. The van der Waals surface area contributed by atoms with Gasteiger partial charge < -0.3 is 19.6 Å². The molecular formula is C15H14N2O4. The zero-order valence-electron chi connectivity index (χ0n) is 11.2. The molecule has 0 saturated carbocycles. The van der Waals surface area contributed by atoms with Crippen molar-refractivity contribution >= 4 is 5.91 Å². The fourth-order valence-electron chi connectivity index (χ4n) is 1.67. The molecule has 0 aliphatic carbocycles. The van der Waals surface area contributed by atoms with Crippen molar-refractivity contribution in [2.24, 2.45) is 0 Å². The molecule has 0 unspecified atom stereocenters. The molecule has 0 aliphatic rings. The van der Waals surface area contributed by atoms with E-state index >= 15 is 0 Å². The first-order chi connectivity index (χ1) is 10.2. The second-order valence-electron chi connectivity index (χ2n) is 4.14. The smallest absolute Gasteiger partial charge is 0.287 e. The summed E-state index contributed by atoms with van der Waals surface area (Å²) < 4.78 is 10.8. The first-order valence-corrected chi connectivity index (χ1v) is 6.34. The molecule has 21 heavy (non-hydrogen) atoms. The van der Waals surface area contributed by atoms with Crippen molar-refractivity contribution in [3.63, 3.8) is 0 Å². The second-order valence-corrected chi connectivity index (χ2v) is 4.14. The number of nitriles is 1. The number of aliphatic hydroxyl groups is 1. The zero-order chi connectivity index (χ0) is 15.1. The van der Waals surface area contributed by atoms with Crippen LogP contribution in [-0.2, 0) is 6.61 Å². The molecule has 1 aromatic carbocycles. The van der Waals surface area contributed by atoms with Gasteiger partial charge in [-0.1, -0.05) is 12.1 Å². The summed E-state index contributed by atoms with van der Waals surface area (Å²) in [5, 5.41) is 20.1. The van der Waals surface area contributed by atoms with E-state index < -0.39 is 5.91 Å². The lowest BCUT2D eigenvalue weighted by atomic mass is 10.2. The average Bonchev–Trinajstić information content (AvgIpc) is 3.00. The highest BCUT2D eigenvalue weighted by Gasteiger charge is 2.11. The first-order valence-electron chi connectivity index (χ1n) is 6.34. The van der Waals surface area contributed by atoms with Crippen LogP contribution in [-0.4, -0.2) is 24.2 Å². The van der Waals surface area contributed by atoms with Crippen molar-refractivity contribution in [2.75, 3.05) is 13.2 Å². The van der Waals surface area contributed by atoms with Crippen molar-refractivity contribution in [1.82, 2.24) is 5.32 Å². The number of benzene rings is 1. The third-order valence-electron chi connectivity index (χ3n) is 2.66. The number of rotatable bonds is 6. The predicted molar refractivity (Wildman–Crippen MR) is 73.6 cm³/mol. The molecule has 1 aromatic heterocycles. The summed E-state index contributed by atoms with van der Waals surface area (Å²) in [6.45, 7) is 0.153.